The Morgan fingerprint density at radius 2 is 1.26 bits per heavy atom. The monoisotopic (exact) mass is 309 g/mol. The van der Waals surface area contributed by atoms with E-state index in [-0.39, 0.29) is 0 Å². The van der Waals surface area contributed by atoms with Crippen molar-refractivity contribution in [1.29, 1.82) is 0 Å². The number of benzene rings is 1. The van der Waals surface area contributed by atoms with E-state index in [0.717, 1.165) is 6.42 Å². The molecule has 0 aliphatic heterocycles. The molecule has 0 N–H and O–H groups in total. The first-order valence-electron chi connectivity index (χ1n) is 9.06. The highest BCUT2D eigenvalue weighted by Gasteiger charge is 2.11. The van der Waals surface area contributed by atoms with Crippen molar-refractivity contribution in [1.82, 2.24) is 4.98 Å². The second-order valence-corrected chi connectivity index (χ2v) is 7.14. The van der Waals surface area contributed by atoms with Gasteiger partial charge in [0.05, 0.1) is 0 Å². The molecule has 0 bridgehead atoms. The fourth-order valence-electron chi connectivity index (χ4n) is 2.98. The van der Waals surface area contributed by atoms with Crippen molar-refractivity contribution in [2.24, 2.45) is 0 Å². The molecule has 0 aliphatic carbocycles. The second-order valence-electron chi connectivity index (χ2n) is 7.14. The number of rotatable bonds is 7. The first-order chi connectivity index (χ1) is 11.0. The molecule has 0 aliphatic rings. The van der Waals surface area contributed by atoms with Gasteiger partial charge in [-0.15, -0.1) is 0 Å². The van der Waals surface area contributed by atoms with E-state index in [1.807, 2.05) is 0 Å². The maximum atomic E-state index is 4.53. The van der Waals surface area contributed by atoms with Crippen LogP contribution in [-0.4, -0.2) is 4.98 Å². The molecule has 23 heavy (non-hydrogen) atoms. The number of pyridine rings is 1. The predicted molar refractivity (Wildman–Crippen MR) is 100 cm³/mol. The molecule has 2 unspecified atom stereocenters. The molecule has 1 heterocycles. The van der Waals surface area contributed by atoms with Crippen LogP contribution in [0.15, 0.2) is 42.6 Å². The molecule has 1 aromatic heterocycles. The maximum absolute atomic E-state index is 4.53. The van der Waals surface area contributed by atoms with Crippen LogP contribution in [0.1, 0.15) is 87.6 Å². The first-order valence-corrected chi connectivity index (χ1v) is 9.06. The van der Waals surface area contributed by atoms with Crippen LogP contribution >= 0.6 is 0 Å². The summed E-state index contributed by atoms with van der Waals surface area (Å²) in [5.74, 6) is 1.80. The van der Waals surface area contributed by atoms with Crippen LogP contribution in [0, 0.1) is 0 Å². The summed E-state index contributed by atoms with van der Waals surface area (Å²) in [5, 5.41) is 0. The highest BCUT2D eigenvalue weighted by molar-refractivity contribution is 5.27. The molecule has 2 rings (SSSR count). The number of nitrogens with zero attached hydrogens (tertiary/aromatic N) is 1. The molecule has 2 aromatic rings. The van der Waals surface area contributed by atoms with E-state index in [2.05, 4.69) is 82.2 Å². The lowest BCUT2D eigenvalue weighted by Crippen LogP contribution is -2.00. The van der Waals surface area contributed by atoms with Gasteiger partial charge in [0.2, 0.25) is 0 Å². The number of hydrogen-bond donors (Lipinski definition) is 0. The summed E-state index contributed by atoms with van der Waals surface area (Å²) in [5.41, 5.74) is 5.43. The fourth-order valence-corrected chi connectivity index (χ4v) is 2.98. The van der Waals surface area contributed by atoms with Crippen LogP contribution in [-0.2, 0) is 6.42 Å². The standard InChI is InChI=1S/C22H31N/c1-6-22-14-13-21(15-23-22)18(5)8-7-17(4)20-11-9-19(10-12-20)16(2)3/h9-18H,6-8H2,1-5H3. The van der Waals surface area contributed by atoms with E-state index in [9.17, 15) is 0 Å². The molecule has 0 saturated carbocycles. The molecule has 0 spiro atoms. The van der Waals surface area contributed by atoms with Crippen molar-refractivity contribution in [3.05, 3.63) is 65.0 Å². The molecule has 1 aromatic carbocycles. The van der Waals surface area contributed by atoms with Gasteiger partial charge in [0.15, 0.2) is 0 Å². The molecule has 0 saturated heterocycles. The van der Waals surface area contributed by atoms with Crippen molar-refractivity contribution in [3.8, 4) is 0 Å². The summed E-state index contributed by atoms with van der Waals surface area (Å²) < 4.78 is 0. The van der Waals surface area contributed by atoms with Crippen LogP contribution in [0.2, 0.25) is 0 Å². The Bertz CT molecular complexity index is 580. The largest absolute Gasteiger partial charge is 0.261 e. The zero-order valence-corrected chi connectivity index (χ0v) is 15.3. The molecule has 2 atom stereocenters. The van der Waals surface area contributed by atoms with Crippen molar-refractivity contribution < 1.29 is 0 Å². The van der Waals surface area contributed by atoms with Crippen molar-refractivity contribution in [2.45, 2.75) is 71.6 Å². The quantitative estimate of drug-likeness (QED) is 0.572. The number of hydrogen-bond acceptors (Lipinski definition) is 1. The Hall–Kier alpha value is -1.63. The Kier molecular flexibility index (Phi) is 6.38. The predicted octanol–water partition coefficient (Wildman–Crippen LogP) is 6.45. The van der Waals surface area contributed by atoms with Crippen molar-refractivity contribution >= 4 is 0 Å². The van der Waals surface area contributed by atoms with Crippen LogP contribution in [0.25, 0.3) is 0 Å². The number of aromatic nitrogens is 1. The third kappa shape index (κ3) is 4.92. The molecule has 124 valence electrons. The minimum absolute atomic E-state index is 0.575. The SMILES string of the molecule is CCc1ccc(C(C)CCC(C)c2ccc(C(C)C)cc2)cn1. The van der Waals surface area contributed by atoms with Gasteiger partial charge in [-0.2, -0.15) is 0 Å². The highest BCUT2D eigenvalue weighted by Crippen LogP contribution is 2.28. The molecule has 1 nitrogen and oxygen atoms in total. The van der Waals surface area contributed by atoms with Gasteiger partial charge in [-0.1, -0.05) is 65.0 Å². The van der Waals surface area contributed by atoms with Crippen LogP contribution < -0.4 is 0 Å². The average molecular weight is 309 g/mol. The molecule has 0 fully saturated rings. The Labute approximate surface area is 142 Å². The van der Waals surface area contributed by atoms with E-state index >= 15 is 0 Å². The zero-order valence-electron chi connectivity index (χ0n) is 15.3. The topological polar surface area (TPSA) is 12.9 Å². The van der Waals surface area contributed by atoms with E-state index in [0.29, 0.717) is 17.8 Å². The second kappa shape index (κ2) is 8.29. The van der Waals surface area contributed by atoms with Crippen molar-refractivity contribution in [3.63, 3.8) is 0 Å². The summed E-state index contributed by atoms with van der Waals surface area (Å²) in [6.45, 7) is 11.3. The lowest BCUT2D eigenvalue weighted by Gasteiger charge is -2.17. The van der Waals surface area contributed by atoms with Gasteiger partial charge >= 0.3 is 0 Å². The molecular weight excluding hydrogens is 278 g/mol. The zero-order chi connectivity index (χ0) is 16.8. The third-order valence-electron chi connectivity index (χ3n) is 4.98. The van der Waals surface area contributed by atoms with Gasteiger partial charge < -0.3 is 0 Å². The van der Waals surface area contributed by atoms with Gasteiger partial charge in [-0.25, -0.2) is 0 Å². The first kappa shape index (κ1) is 17.7. The summed E-state index contributed by atoms with van der Waals surface area (Å²) in [7, 11) is 0. The van der Waals surface area contributed by atoms with E-state index in [1.54, 1.807) is 0 Å². The minimum atomic E-state index is 0.575. The molecule has 0 amide bonds. The number of aryl methyl sites for hydroxylation is 1. The fraction of sp³-hybridized carbons (Fsp3) is 0.500. The third-order valence-corrected chi connectivity index (χ3v) is 4.98. The molecule has 1 heteroatoms. The molecular formula is C22H31N. The van der Waals surface area contributed by atoms with Gasteiger partial charge in [-0.05, 0) is 59.8 Å². The van der Waals surface area contributed by atoms with Crippen molar-refractivity contribution in [2.75, 3.05) is 0 Å². The Morgan fingerprint density at radius 1 is 0.739 bits per heavy atom. The lowest BCUT2D eigenvalue weighted by atomic mass is 9.89. The van der Waals surface area contributed by atoms with Gasteiger partial charge in [0.1, 0.15) is 0 Å². The van der Waals surface area contributed by atoms with E-state index < -0.39 is 0 Å². The van der Waals surface area contributed by atoms with Gasteiger partial charge in [0, 0.05) is 11.9 Å². The smallest absolute Gasteiger partial charge is 0.0401 e. The Morgan fingerprint density at radius 3 is 1.74 bits per heavy atom. The maximum Gasteiger partial charge on any atom is 0.0401 e. The summed E-state index contributed by atoms with van der Waals surface area (Å²) >= 11 is 0. The molecule has 0 radical (unpaired) electrons. The Balaban J connectivity index is 1.90. The average Bonchev–Trinajstić information content (AvgIpc) is 2.59. The highest BCUT2D eigenvalue weighted by atomic mass is 14.7. The van der Waals surface area contributed by atoms with Gasteiger partial charge in [0.25, 0.3) is 0 Å². The van der Waals surface area contributed by atoms with E-state index in [1.165, 1.54) is 35.2 Å². The van der Waals surface area contributed by atoms with Crippen LogP contribution in [0.3, 0.4) is 0 Å². The van der Waals surface area contributed by atoms with Gasteiger partial charge in [-0.3, -0.25) is 4.98 Å². The normalized spacial score (nSPS) is 14.0. The minimum Gasteiger partial charge on any atom is -0.261 e. The van der Waals surface area contributed by atoms with E-state index in [4.69, 9.17) is 0 Å². The van der Waals surface area contributed by atoms with Crippen LogP contribution in [0.4, 0.5) is 0 Å². The lowest BCUT2D eigenvalue weighted by molar-refractivity contribution is 0.572. The summed E-state index contributed by atoms with van der Waals surface area (Å²) in [6.07, 6.45) is 5.50. The summed E-state index contributed by atoms with van der Waals surface area (Å²) in [6, 6.07) is 13.6. The summed E-state index contributed by atoms with van der Waals surface area (Å²) in [4.78, 5) is 4.53. The van der Waals surface area contributed by atoms with Crippen LogP contribution in [0.5, 0.6) is 0 Å².